The van der Waals surface area contributed by atoms with Crippen molar-refractivity contribution in [1.29, 1.82) is 0 Å². The zero-order valence-corrected chi connectivity index (χ0v) is 13.6. The fourth-order valence-corrected chi connectivity index (χ4v) is 2.85. The number of benzene rings is 1. The van der Waals surface area contributed by atoms with Crippen LogP contribution in [0.1, 0.15) is 24.4 Å². The van der Waals surface area contributed by atoms with Gasteiger partial charge in [-0.1, -0.05) is 12.1 Å². The van der Waals surface area contributed by atoms with Gasteiger partial charge in [0.1, 0.15) is 5.75 Å². The lowest BCUT2D eigenvalue weighted by molar-refractivity contribution is 0.0166. The quantitative estimate of drug-likeness (QED) is 0.835. The molecular formula is C17H25N3O3. The largest absolute Gasteiger partial charge is 0.497 e. The van der Waals surface area contributed by atoms with Crippen LogP contribution in [0, 0.1) is 0 Å². The summed E-state index contributed by atoms with van der Waals surface area (Å²) < 4.78 is 10.8. The first-order valence-electron chi connectivity index (χ1n) is 8.26. The van der Waals surface area contributed by atoms with Crippen LogP contribution in [0.5, 0.6) is 5.75 Å². The molecule has 2 aliphatic rings. The Morgan fingerprint density at radius 1 is 1.39 bits per heavy atom. The topological polar surface area (TPSA) is 62.8 Å². The second-order valence-corrected chi connectivity index (χ2v) is 6.07. The molecule has 23 heavy (non-hydrogen) atoms. The van der Waals surface area contributed by atoms with E-state index >= 15 is 0 Å². The van der Waals surface area contributed by atoms with E-state index in [0.717, 1.165) is 50.5 Å². The van der Waals surface area contributed by atoms with Crippen LogP contribution in [0.25, 0.3) is 0 Å². The zero-order chi connectivity index (χ0) is 16.1. The molecule has 2 fully saturated rings. The summed E-state index contributed by atoms with van der Waals surface area (Å²) in [5.74, 6) is 0.836. The van der Waals surface area contributed by atoms with Crippen LogP contribution in [-0.4, -0.2) is 56.9 Å². The van der Waals surface area contributed by atoms with Crippen molar-refractivity contribution in [2.45, 2.75) is 24.9 Å². The number of morpholine rings is 1. The number of hydrogen-bond donors (Lipinski definition) is 2. The summed E-state index contributed by atoms with van der Waals surface area (Å²) in [6, 6.07) is 8.48. The van der Waals surface area contributed by atoms with Crippen molar-refractivity contribution in [3.63, 3.8) is 0 Å². The summed E-state index contributed by atoms with van der Waals surface area (Å²) in [6.45, 7) is 3.77. The first kappa shape index (κ1) is 16.1. The van der Waals surface area contributed by atoms with Crippen LogP contribution in [0.2, 0.25) is 0 Å². The minimum Gasteiger partial charge on any atom is -0.497 e. The predicted octanol–water partition coefficient (Wildman–Crippen LogP) is 1.53. The highest BCUT2D eigenvalue weighted by atomic mass is 16.5. The molecule has 2 N–H and O–H groups in total. The SMILES string of the molecule is COc1cccc(C(CNC(=O)NC2CC2)N2CCOCC2)c1. The van der Waals surface area contributed by atoms with Gasteiger partial charge in [-0.25, -0.2) is 4.79 Å². The zero-order valence-electron chi connectivity index (χ0n) is 13.6. The molecular weight excluding hydrogens is 294 g/mol. The molecule has 0 radical (unpaired) electrons. The summed E-state index contributed by atoms with van der Waals surface area (Å²) in [5.41, 5.74) is 1.15. The van der Waals surface area contributed by atoms with Crippen molar-refractivity contribution < 1.29 is 14.3 Å². The Labute approximate surface area is 137 Å². The minimum atomic E-state index is -0.0753. The first-order chi connectivity index (χ1) is 11.3. The van der Waals surface area contributed by atoms with Gasteiger partial charge >= 0.3 is 6.03 Å². The van der Waals surface area contributed by atoms with Crippen molar-refractivity contribution in [2.75, 3.05) is 40.0 Å². The standard InChI is InChI=1S/C17H25N3O3/c1-22-15-4-2-3-13(11-15)16(20-7-9-23-10-8-20)12-18-17(21)19-14-5-6-14/h2-4,11,14,16H,5-10,12H2,1H3,(H2,18,19,21). The number of methoxy groups -OCH3 is 1. The molecule has 1 aromatic carbocycles. The van der Waals surface area contributed by atoms with Gasteiger partial charge in [-0.2, -0.15) is 0 Å². The number of amides is 2. The van der Waals surface area contributed by atoms with E-state index < -0.39 is 0 Å². The van der Waals surface area contributed by atoms with Gasteiger partial charge in [0, 0.05) is 25.7 Å². The molecule has 1 unspecified atom stereocenters. The molecule has 0 bridgehead atoms. The lowest BCUT2D eigenvalue weighted by atomic mass is 10.0. The van der Waals surface area contributed by atoms with Gasteiger partial charge in [0.05, 0.1) is 26.4 Å². The molecule has 2 amide bonds. The van der Waals surface area contributed by atoms with E-state index in [4.69, 9.17) is 9.47 Å². The fraction of sp³-hybridized carbons (Fsp3) is 0.588. The van der Waals surface area contributed by atoms with Gasteiger partial charge < -0.3 is 20.1 Å². The summed E-state index contributed by atoms with van der Waals surface area (Å²) in [6.07, 6.45) is 2.19. The molecule has 1 saturated heterocycles. The van der Waals surface area contributed by atoms with Crippen LogP contribution < -0.4 is 15.4 Å². The van der Waals surface area contributed by atoms with Crippen LogP contribution in [0.15, 0.2) is 24.3 Å². The predicted molar refractivity (Wildman–Crippen MR) is 87.7 cm³/mol. The molecule has 1 heterocycles. The highest BCUT2D eigenvalue weighted by Crippen LogP contribution is 2.25. The molecule has 1 aromatic rings. The van der Waals surface area contributed by atoms with E-state index in [1.165, 1.54) is 0 Å². The van der Waals surface area contributed by atoms with E-state index in [0.29, 0.717) is 12.6 Å². The molecule has 1 aliphatic heterocycles. The van der Waals surface area contributed by atoms with Crippen LogP contribution in [-0.2, 0) is 4.74 Å². The second-order valence-electron chi connectivity index (χ2n) is 6.07. The fourth-order valence-electron chi connectivity index (χ4n) is 2.85. The van der Waals surface area contributed by atoms with Crippen LogP contribution in [0.4, 0.5) is 4.79 Å². The van der Waals surface area contributed by atoms with Gasteiger partial charge in [0.15, 0.2) is 0 Å². The first-order valence-corrected chi connectivity index (χ1v) is 8.26. The third-order valence-corrected chi connectivity index (χ3v) is 4.33. The van der Waals surface area contributed by atoms with Gasteiger partial charge in [0.25, 0.3) is 0 Å². The monoisotopic (exact) mass is 319 g/mol. The Bertz CT molecular complexity index is 528. The molecule has 1 saturated carbocycles. The van der Waals surface area contributed by atoms with E-state index in [1.54, 1.807) is 7.11 Å². The Hall–Kier alpha value is -1.79. The molecule has 0 spiro atoms. The highest BCUT2D eigenvalue weighted by molar-refractivity contribution is 5.74. The molecule has 126 valence electrons. The molecule has 1 aliphatic carbocycles. The number of ether oxygens (including phenoxy) is 2. The van der Waals surface area contributed by atoms with Gasteiger partial charge in [-0.3, -0.25) is 4.90 Å². The summed E-state index contributed by atoms with van der Waals surface area (Å²) in [4.78, 5) is 14.3. The summed E-state index contributed by atoms with van der Waals surface area (Å²) >= 11 is 0. The molecule has 3 rings (SSSR count). The van der Waals surface area contributed by atoms with Crippen molar-refractivity contribution in [3.05, 3.63) is 29.8 Å². The second kappa shape index (κ2) is 7.66. The number of urea groups is 1. The number of carbonyl (C=O) groups is 1. The Morgan fingerprint density at radius 3 is 2.87 bits per heavy atom. The van der Waals surface area contributed by atoms with E-state index in [1.807, 2.05) is 18.2 Å². The number of rotatable bonds is 6. The van der Waals surface area contributed by atoms with Crippen molar-refractivity contribution in [2.24, 2.45) is 0 Å². The van der Waals surface area contributed by atoms with E-state index in [2.05, 4.69) is 21.6 Å². The van der Waals surface area contributed by atoms with E-state index in [9.17, 15) is 4.79 Å². The molecule has 0 aromatic heterocycles. The number of nitrogens with zero attached hydrogens (tertiary/aromatic N) is 1. The lowest BCUT2D eigenvalue weighted by Gasteiger charge is -2.35. The normalized spacial score (nSPS) is 19.9. The smallest absolute Gasteiger partial charge is 0.315 e. The third-order valence-electron chi connectivity index (χ3n) is 4.33. The van der Waals surface area contributed by atoms with Crippen LogP contribution in [0.3, 0.4) is 0 Å². The van der Waals surface area contributed by atoms with Gasteiger partial charge in [-0.05, 0) is 30.5 Å². The van der Waals surface area contributed by atoms with Gasteiger partial charge in [0.2, 0.25) is 0 Å². The number of hydrogen-bond acceptors (Lipinski definition) is 4. The average Bonchev–Trinajstić information content (AvgIpc) is 3.40. The lowest BCUT2D eigenvalue weighted by Crippen LogP contribution is -2.46. The van der Waals surface area contributed by atoms with Gasteiger partial charge in [-0.15, -0.1) is 0 Å². The Morgan fingerprint density at radius 2 is 2.17 bits per heavy atom. The maximum Gasteiger partial charge on any atom is 0.315 e. The maximum absolute atomic E-state index is 11.9. The van der Waals surface area contributed by atoms with Crippen molar-refractivity contribution in [1.82, 2.24) is 15.5 Å². The molecule has 1 atom stereocenters. The molecule has 6 nitrogen and oxygen atoms in total. The molecule has 6 heteroatoms. The van der Waals surface area contributed by atoms with Crippen molar-refractivity contribution >= 4 is 6.03 Å². The highest BCUT2D eigenvalue weighted by Gasteiger charge is 2.26. The maximum atomic E-state index is 11.9. The van der Waals surface area contributed by atoms with Crippen LogP contribution >= 0.6 is 0 Å². The summed E-state index contributed by atoms with van der Waals surface area (Å²) in [7, 11) is 1.67. The minimum absolute atomic E-state index is 0.0753. The third kappa shape index (κ3) is 4.59. The number of carbonyl (C=O) groups excluding carboxylic acids is 1. The summed E-state index contributed by atoms with van der Waals surface area (Å²) in [5, 5.41) is 5.98. The average molecular weight is 319 g/mol. The Kier molecular flexibility index (Phi) is 5.35. The van der Waals surface area contributed by atoms with Crippen molar-refractivity contribution in [3.8, 4) is 5.75 Å². The van der Waals surface area contributed by atoms with E-state index in [-0.39, 0.29) is 12.1 Å². The number of nitrogens with one attached hydrogen (secondary N) is 2. The Balaban J connectivity index is 1.67.